The molecule has 0 unspecified atom stereocenters. The van der Waals surface area contributed by atoms with Crippen LogP contribution in [0.3, 0.4) is 0 Å². The first-order chi connectivity index (χ1) is 17.5. The van der Waals surface area contributed by atoms with E-state index in [2.05, 4.69) is 9.71 Å². The highest BCUT2D eigenvalue weighted by Gasteiger charge is 2.29. The van der Waals surface area contributed by atoms with Crippen molar-refractivity contribution < 1.29 is 22.7 Å². The highest BCUT2D eigenvalue weighted by atomic mass is 35.5. The van der Waals surface area contributed by atoms with E-state index in [4.69, 9.17) is 22.1 Å². The molecule has 0 aliphatic heterocycles. The van der Waals surface area contributed by atoms with Crippen LogP contribution in [0.5, 0.6) is 0 Å². The van der Waals surface area contributed by atoms with E-state index in [1.807, 2.05) is 0 Å². The average Bonchev–Trinajstić information content (AvgIpc) is 3.11. The predicted octanol–water partition coefficient (Wildman–Crippen LogP) is 3.10. The number of hydrogen-bond donors (Lipinski definition) is 4. The zero-order chi connectivity index (χ0) is 26.9. The minimum atomic E-state index is -4.40. The highest BCUT2D eigenvalue weighted by molar-refractivity contribution is 7.91. The molecule has 5 N–H and O–H groups in total. The Hall–Kier alpha value is -4.29. The summed E-state index contributed by atoms with van der Waals surface area (Å²) in [6, 6.07) is 14.4. The minimum Gasteiger partial charge on any atom is -0.462 e. The molecule has 4 rings (SSSR count). The molecule has 13 heteroatoms. The Balaban J connectivity index is 1.86. The van der Waals surface area contributed by atoms with Crippen LogP contribution in [0.2, 0.25) is 5.02 Å². The van der Waals surface area contributed by atoms with Crippen LogP contribution < -0.4 is 20.7 Å². The Labute approximate surface area is 216 Å². The van der Waals surface area contributed by atoms with Crippen molar-refractivity contribution in [2.24, 2.45) is 0 Å². The van der Waals surface area contributed by atoms with Crippen LogP contribution in [0.1, 0.15) is 33.3 Å². The van der Waals surface area contributed by atoms with E-state index in [9.17, 15) is 22.8 Å². The van der Waals surface area contributed by atoms with Crippen molar-refractivity contribution in [3.63, 3.8) is 0 Å². The number of ether oxygens (including phenoxy) is 1. The second-order valence-corrected chi connectivity index (χ2v) is 9.72. The maximum atomic E-state index is 13.5. The molecule has 4 aromatic rings. The van der Waals surface area contributed by atoms with Crippen LogP contribution in [0.25, 0.3) is 16.8 Å². The smallest absolute Gasteiger partial charge is 0.342 e. The summed E-state index contributed by atoms with van der Waals surface area (Å²) in [5.74, 6) is -2.42. The summed E-state index contributed by atoms with van der Waals surface area (Å²) in [6.07, 6.45) is 0. The van der Waals surface area contributed by atoms with Crippen molar-refractivity contribution in [1.82, 2.24) is 14.1 Å². The van der Waals surface area contributed by atoms with Gasteiger partial charge in [0.1, 0.15) is 22.6 Å². The number of nitrogen functional groups attached to an aromatic ring is 1. The second kappa shape index (κ2) is 9.99. The van der Waals surface area contributed by atoms with Gasteiger partial charge in [-0.25, -0.2) is 9.52 Å². The molecule has 0 atom stereocenters. The number of benzene rings is 2. The Kier molecular flexibility index (Phi) is 6.96. The Morgan fingerprint density at radius 1 is 1.08 bits per heavy atom. The zero-order valence-corrected chi connectivity index (χ0v) is 21.2. The first-order valence-electron chi connectivity index (χ1n) is 10.9. The number of aromatic nitrogens is 2. The summed E-state index contributed by atoms with van der Waals surface area (Å²) < 4.78 is 35.3. The zero-order valence-electron chi connectivity index (χ0n) is 19.7. The molecule has 11 nitrogen and oxygen atoms in total. The van der Waals surface area contributed by atoms with E-state index < -0.39 is 39.0 Å². The number of hydrogen-bond acceptors (Lipinski definition) is 7. The molecular weight excluding hydrogens is 522 g/mol. The van der Waals surface area contributed by atoms with E-state index in [1.165, 1.54) is 12.1 Å². The number of carbonyl (C=O) groups is 2. The molecule has 0 aliphatic carbocycles. The number of H-pyrrole nitrogens is 1. The summed E-state index contributed by atoms with van der Waals surface area (Å²) >= 11 is 6.01. The maximum absolute atomic E-state index is 13.5. The second-order valence-electron chi connectivity index (χ2n) is 7.87. The Bertz CT molecular complexity index is 1680. The van der Waals surface area contributed by atoms with Gasteiger partial charge in [0.2, 0.25) is 0 Å². The van der Waals surface area contributed by atoms with Crippen LogP contribution in [-0.4, -0.2) is 36.3 Å². The van der Waals surface area contributed by atoms with E-state index >= 15 is 0 Å². The number of carbonyl (C=O) groups excluding carboxylic acids is 2. The number of nitrogens with zero attached hydrogens (tertiary/aromatic N) is 1. The van der Waals surface area contributed by atoms with Crippen molar-refractivity contribution in [3.8, 4) is 11.1 Å². The molecule has 0 saturated carbocycles. The van der Waals surface area contributed by atoms with Gasteiger partial charge in [0.15, 0.2) is 0 Å². The fourth-order valence-electron chi connectivity index (χ4n) is 3.93. The number of nitrogens with two attached hydrogens (primary N) is 1. The molecule has 0 aliphatic rings. The summed E-state index contributed by atoms with van der Waals surface area (Å²) in [7, 11) is -4.40. The molecule has 192 valence electrons. The van der Waals surface area contributed by atoms with Gasteiger partial charge >= 0.3 is 16.2 Å². The largest absolute Gasteiger partial charge is 0.462 e. The number of esters is 1. The van der Waals surface area contributed by atoms with Gasteiger partial charge in [0.25, 0.3) is 11.5 Å². The van der Waals surface area contributed by atoms with Crippen molar-refractivity contribution in [1.29, 1.82) is 0 Å². The van der Waals surface area contributed by atoms with Gasteiger partial charge in [-0.05, 0) is 43.7 Å². The number of para-hydroxylation sites is 1. The number of amides is 1. The molecule has 2 heterocycles. The van der Waals surface area contributed by atoms with E-state index in [-0.39, 0.29) is 23.5 Å². The van der Waals surface area contributed by atoms with Gasteiger partial charge in [0, 0.05) is 16.3 Å². The lowest BCUT2D eigenvalue weighted by Crippen LogP contribution is -2.39. The fourth-order valence-corrected chi connectivity index (χ4v) is 4.90. The van der Waals surface area contributed by atoms with Crippen molar-refractivity contribution in [3.05, 3.63) is 86.8 Å². The molecular formula is C24H22ClN5O6S. The fraction of sp³-hybridized carbons (Fsp3) is 0.125. The molecule has 37 heavy (non-hydrogen) atoms. The first-order valence-corrected chi connectivity index (χ1v) is 12.8. The number of aryl methyl sites for hydroxylation is 1. The summed E-state index contributed by atoms with van der Waals surface area (Å²) in [5, 5.41) is 0.465. The van der Waals surface area contributed by atoms with Crippen LogP contribution in [0.15, 0.2) is 59.4 Å². The van der Waals surface area contributed by atoms with Gasteiger partial charge in [0.05, 0.1) is 12.3 Å². The standard InChI is InChI=1S/C24H22ClN5O6S/c1-3-36-24(33)18-17(14-9-11-15(25)12-10-14)13(2)30-21(18)27-20(26)19(23(30)32)22(31)29-37(34,35)28-16-7-5-4-6-8-16/h4-12,27-28H,3,26H2,1-2H3,(H,29,31). The van der Waals surface area contributed by atoms with E-state index in [0.29, 0.717) is 21.8 Å². The van der Waals surface area contributed by atoms with Crippen molar-refractivity contribution in [2.75, 3.05) is 17.1 Å². The number of aromatic amines is 1. The summed E-state index contributed by atoms with van der Waals surface area (Å²) in [5.41, 5.74) is 5.85. The quantitative estimate of drug-likeness (QED) is 0.260. The van der Waals surface area contributed by atoms with Crippen LogP contribution in [0.4, 0.5) is 11.5 Å². The van der Waals surface area contributed by atoms with Crippen LogP contribution in [-0.2, 0) is 14.9 Å². The Morgan fingerprint density at radius 2 is 1.73 bits per heavy atom. The SMILES string of the molecule is CCOC(=O)c1c(-c2ccc(Cl)cc2)c(C)n2c(=O)c(C(=O)NS(=O)(=O)Nc3ccccc3)c(N)[nH]c12. The topological polar surface area (TPSA) is 165 Å². The lowest BCUT2D eigenvalue weighted by atomic mass is 10.0. The molecule has 0 fully saturated rings. The summed E-state index contributed by atoms with van der Waals surface area (Å²) in [4.78, 5) is 42.1. The molecule has 2 aromatic carbocycles. The Morgan fingerprint density at radius 3 is 2.35 bits per heavy atom. The normalized spacial score (nSPS) is 11.3. The molecule has 0 bridgehead atoms. The van der Waals surface area contributed by atoms with Gasteiger partial charge in [-0.1, -0.05) is 41.9 Å². The minimum absolute atomic E-state index is 0.00906. The van der Waals surface area contributed by atoms with Crippen molar-refractivity contribution >= 4 is 50.8 Å². The molecule has 1 amide bonds. The molecule has 0 spiro atoms. The number of rotatable bonds is 7. The lowest BCUT2D eigenvalue weighted by molar-refractivity contribution is 0.0529. The first kappa shape index (κ1) is 25.8. The van der Waals surface area contributed by atoms with Crippen LogP contribution >= 0.6 is 11.6 Å². The third-order valence-electron chi connectivity index (χ3n) is 5.44. The predicted molar refractivity (Wildman–Crippen MR) is 140 cm³/mol. The lowest BCUT2D eigenvalue weighted by Gasteiger charge is -2.11. The van der Waals surface area contributed by atoms with E-state index in [0.717, 1.165) is 4.40 Å². The average molecular weight is 544 g/mol. The van der Waals surface area contributed by atoms with Gasteiger partial charge in [-0.2, -0.15) is 8.42 Å². The molecule has 0 radical (unpaired) electrons. The summed E-state index contributed by atoms with van der Waals surface area (Å²) in [6.45, 7) is 3.27. The monoisotopic (exact) mass is 543 g/mol. The van der Waals surface area contributed by atoms with Gasteiger partial charge < -0.3 is 15.5 Å². The van der Waals surface area contributed by atoms with Crippen LogP contribution in [0, 0.1) is 6.92 Å². The number of fused-ring (bicyclic) bond motifs is 1. The third-order valence-corrected chi connectivity index (χ3v) is 6.65. The van der Waals surface area contributed by atoms with Gasteiger partial charge in [-0.3, -0.25) is 18.7 Å². The number of halogens is 1. The molecule has 0 saturated heterocycles. The molecule has 2 aromatic heterocycles. The van der Waals surface area contributed by atoms with Gasteiger partial charge in [-0.15, -0.1) is 0 Å². The number of anilines is 2. The third kappa shape index (κ3) is 5.01. The van der Waals surface area contributed by atoms with Crippen molar-refractivity contribution in [2.45, 2.75) is 13.8 Å². The van der Waals surface area contributed by atoms with E-state index in [1.54, 1.807) is 61.0 Å². The number of nitrogens with one attached hydrogen (secondary N) is 3. The maximum Gasteiger partial charge on any atom is 0.342 e. The highest BCUT2D eigenvalue weighted by Crippen LogP contribution is 2.33.